The fourth-order valence-corrected chi connectivity index (χ4v) is 1.14. The maximum atomic E-state index is 10.5. The van der Waals surface area contributed by atoms with Crippen molar-refractivity contribution in [3.63, 3.8) is 0 Å². The van der Waals surface area contributed by atoms with Crippen molar-refractivity contribution in [3.8, 4) is 0 Å². The number of fused-ring (bicyclic) bond motifs is 1. The zero-order valence-corrected chi connectivity index (χ0v) is 6.24. The van der Waals surface area contributed by atoms with Crippen molar-refractivity contribution >= 4 is 17.5 Å². The van der Waals surface area contributed by atoms with Gasteiger partial charge in [-0.3, -0.25) is 0 Å². The van der Waals surface area contributed by atoms with Gasteiger partial charge in [-0.1, -0.05) is 0 Å². The second kappa shape index (κ2) is 2.44. The van der Waals surface area contributed by atoms with Crippen LogP contribution in [0.1, 0.15) is 6.42 Å². The smallest absolute Gasteiger partial charge is 0.373 e. The van der Waals surface area contributed by atoms with E-state index in [-0.39, 0.29) is 5.84 Å². The van der Waals surface area contributed by atoms with Crippen LogP contribution in [0.25, 0.3) is 0 Å². The Morgan fingerprint density at radius 3 is 3.08 bits per heavy atom. The summed E-state index contributed by atoms with van der Waals surface area (Å²) in [5.41, 5.74) is 1.42. The Balaban J connectivity index is 2.35. The number of aliphatic carboxylic acids is 1. The molecule has 0 atom stereocenters. The summed E-state index contributed by atoms with van der Waals surface area (Å²) < 4.78 is 0. The molecule has 0 saturated heterocycles. The van der Waals surface area contributed by atoms with Crippen LogP contribution < -0.4 is 5.32 Å². The highest BCUT2D eigenvalue weighted by Gasteiger charge is 2.22. The summed E-state index contributed by atoms with van der Waals surface area (Å²) in [6, 6.07) is 0. The predicted molar refractivity (Wildman–Crippen MR) is 43.2 cm³/mol. The molecule has 0 fully saturated rings. The van der Waals surface area contributed by atoms with Gasteiger partial charge in [-0.25, -0.2) is 14.8 Å². The minimum atomic E-state index is -1.07. The van der Waals surface area contributed by atoms with Crippen LogP contribution in [0, 0.1) is 0 Å². The van der Waals surface area contributed by atoms with E-state index in [1.165, 1.54) is 0 Å². The third-order valence-electron chi connectivity index (χ3n) is 1.70. The Bertz CT molecular complexity index is 328. The van der Waals surface area contributed by atoms with E-state index in [0.717, 1.165) is 18.7 Å². The van der Waals surface area contributed by atoms with E-state index in [2.05, 4.69) is 15.3 Å². The molecular weight excluding hydrogens is 158 g/mol. The van der Waals surface area contributed by atoms with Crippen LogP contribution in [-0.2, 0) is 4.79 Å². The van der Waals surface area contributed by atoms with Crippen LogP contribution >= 0.6 is 0 Å². The SMILES string of the molecule is O=C(O)C1=NC2=CNCCC2=N1. The van der Waals surface area contributed by atoms with Crippen molar-refractivity contribution in [3.05, 3.63) is 11.9 Å². The number of allylic oxidation sites excluding steroid dienone is 1. The van der Waals surface area contributed by atoms with Gasteiger partial charge >= 0.3 is 5.97 Å². The fraction of sp³-hybridized carbons (Fsp3) is 0.286. The Hall–Kier alpha value is -1.65. The fourth-order valence-electron chi connectivity index (χ4n) is 1.14. The third kappa shape index (κ3) is 0.990. The summed E-state index contributed by atoms with van der Waals surface area (Å²) in [7, 11) is 0. The first kappa shape index (κ1) is 7.02. The zero-order chi connectivity index (χ0) is 8.55. The molecule has 5 nitrogen and oxygen atoms in total. The van der Waals surface area contributed by atoms with E-state index in [9.17, 15) is 4.79 Å². The van der Waals surface area contributed by atoms with Crippen LogP contribution in [0.5, 0.6) is 0 Å². The summed E-state index contributed by atoms with van der Waals surface area (Å²) in [5.74, 6) is -1.18. The normalized spacial score (nSPS) is 20.2. The number of carboxylic acid groups (broad SMARTS) is 1. The van der Waals surface area contributed by atoms with E-state index in [1.807, 2.05) is 0 Å². The van der Waals surface area contributed by atoms with E-state index in [0.29, 0.717) is 5.70 Å². The van der Waals surface area contributed by atoms with Gasteiger partial charge < -0.3 is 10.4 Å². The molecule has 0 bridgehead atoms. The van der Waals surface area contributed by atoms with Gasteiger partial charge in [0, 0.05) is 19.2 Å². The van der Waals surface area contributed by atoms with E-state index < -0.39 is 5.97 Å². The number of aliphatic imine (C=N–C) groups is 2. The van der Waals surface area contributed by atoms with Gasteiger partial charge in [0.15, 0.2) is 0 Å². The van der Waals surface area contributed by atoms with Gasteiger partial charge in [-0.2, -0.15) is 0 Å². The zero-order valence-electron chi connectivity index (χ0n) is 6.24. The maximum absolute atomic E-state index is 10.5. The number of carboxylic acids is 1. The molecule has 2 rings (SSSR count). The third-order valence-corrected chi connectivity index (χ3v) is 1.70. The molecule has 2 heterocycles. The lowest BCUT2D eigenvalue weighted by Crippen LogP contribution is -2.19. The maximum Gasteiger partial charge on any atom is 0.373 e. The quantitative estimate of drug-likeness (QED) is 0.563. The molecule has 0 spiro atoms. The van der Waals surface area contributed by atoms with E-state index in [4.69, 9.17) is 5.11 Å². The standard InChI is InChI=1S/C7H7N3O2/c11-7(12)6-9-4-1-2-8-3-5(4)10-6/h3,8H,1-2H2,(H,11,12). The summed E-state index contributed by atoms with van der Waals surface area (Å²) in [4.78, 5) is 18.1. The van der Waals surface area contributed by atoms with E-state index >= 15 is 0 Å². The van der Waals surface area contributed by atoms with Crippen molar-refractivity contribution in [1.82, 2.24) is 5.32 Å². The number of carbonyl (C=O) groups is 1. The number of nitrogens with one attached hydrogen (secondary N) is 1. The average Bonchev–Trinajstić information content (AvgIpc) is 2.46. The first-order chi connectivity index (χ1) is 5.77. The summed E-state index contributed by atoms with van der Waals surface area (Å²) >= 11 is 0. The van der Waals surface area contributed by atoms with Crippen LogP contribution in [0.3, 0.4) is 0 Å². The lowest BCUT2D eigenvalue weighted by molar-refractivity contribution is -0.129. The van der Waals surface area contributed by atoms with Gasteiger partial charge in [0.2, 0.25) is 5.84 Å². The highest BCUT2D eigenvalue weighted by atomic mass is 16.4. The molecule has 2 aliphatic rings. The molecule has 0 aromatic carbocycles. The summed E-state index contributed by atoms with van der Waals surface area (Å²) in [5, 5.41) is 11.5. The number of nitrogens with zero attached hydrogens (tertiary/aromatic N) is 2. The predicted octanol–water partition coefficient (Wildman–Crippen LogP) is -0.241. The lowest BCUT2D eigenvalue weighted by Gasteiger charge is -2.08. The van der Waals surface area contributed by atoms with Crippen molar-refractivity contribution in [2.75, 3.05) is 6.54 Å². The molecule has 0 aromatic rings. The van der Waals surface area contributed by atoms with Gasteiger partial charge in [-0.05, 0) is 0 Å². The van der Waals surface area contributed by atoms with Crippen LogP contribution in [0.2, 0.25) is 0 Å². The minimum Gasteiger partial charge on any atom is -0.475 e. The second-order valence-corrected chi connectivity index (χ2v) is 2.53. The summed E-state index contributed by atoms with van der Waals surface area (Å²) in [6.45, 7) is 0.796. The number of hydrogen-bond acceptors (Lipinski definition) is 4. The summed E-state index contributed by atoms with van der Waals surface area (Å²) in [6.07, 6.45) is 2.43. The number of hydrogen-bond donors (Lipinski definition) is 2. The molecule has 0 amide bonds. The lowest BCUT2D eigenvalue weighted by atomic mass is 10.2. The van der Waals surface area contributed by atoms with Crippen molar-refractivity contribution in [1.29, 1.82) is 0 Å². The monoisotopic (exact) mass is 165 g/mol. The highest BCUT2D eigenvalue weighted by Crippen LogP contribution is 2.14. The van der Waals surface area contributed by atoms with Crippen molar-refractivity contribution in [2.24, 2.45) is 9.98 Å². The molecule has 12 heavy (non-hydrogen) atoms. The van der Waals surface area contributed by atoms with E-state index in [1.54, 1.807) is 6.20 Å². The van der Waals surface area contributed by atoms with Crippen molar-refractivity contribution < 1.29 is 9.90 Å². The highest BCUT2D eigenvalue weighted by molar-refractivity contribution is 6.40. The van der Waals surface area contributed by atoms with Gasteiger partial charge in [0.1, 0.15) is 5.70 Å². The Kier molecular flexibility index (Phi) is 1.43. The molecule has 0 unspecified atom stereocenters. The molecule has 0 aromatic heterocycles. The van der Waals surface area contributed by atoms with Gasteiger partial charge in [0.05, 0.1) is 5.71 Å². The molecule has 5 heteroatoms. The molecule has 0 aliphatic carbocycles. The van der Waals surface area contributed by atoms with Gasteiger partial charge in [0.25, 0.3) is 0 Å². The largest absolute Gasteiger partial charge is 0.475 e. The molecule has 0 radical (unpaired) electrons. The average molecular weight is 165 g/mol. The molecular formula is C7H7N3O2. The number of rotatable bonds is 1. The second-order valence-electron chi connectivity index (χ2n) is 2.53. The number of amidine groups is 1. The minimum absolute atomic E-state index is 0.111. The Labute approximate surface area is 68.5 Å². The van der Waals surface area contributed by atoms with Gasteiger partial charge in [-0.15, -0.1) is 0 Å². The first-order valence-corrected chi connectivity index (χ1v) is 3.61. The molecule has 2 aliphatic heterocycles. The molecule has 62 valence electrons. The molecule has 2 N–H and O–H groups in total. The van der Waals surface area contributed by atoms with Crippen LogP contribution in [0.4, 0.5) is 0 Å². The Morgan fingerprint density at radius 2 is 2.42 bits per heavy atom. The first-order valence-electron chi connectivity index (χ1n) is 3.61. The van der Waals surface area contributed by atoms with Crippen molar-refractivity contribution in [2.45, 2.75) is 6.42 Å². The topological polar surface area (TPSA) is 74.0 Å². The Morgan fingerprint density at radius 1 is 1.58 bits per heavy atom. The molecule has 0 saturated carbocycles. The van der Waals surface area contributed by atoms with Crippen LogP contribution in [-0.4, -0.2) is 29.2 Å². The van der Waals surface area contributed by atoms with Crippen LogP contribution in [0.15, 0.2) is 21.9 Å².